The van der Waals surface area contributed by atoms with Crippen LogP contribution in [0.2, 0.25) is 0 Å². The summed E-state index contributed by atoms with van der Waals surface area (Å²) >= 11 is 0. The molecule has 6 heteroatoms. The Hall–Kier alpha value is -1.98. The number of amides is 2. The van der Waals surface area contributed by atoms with Crippen molar-refractivity contribution in [1.29, 1.82) is 0 Å². The van der Waals surface area contributed by atoms with Crippen molar-refractivity contribution in [3.8, 4) is 0 Å². The second-order valence-electron chi connectivity index (χ2n) is 5.20. The molecule has 2 atom stereocenters. The van der Waals surface area contributed by atoms with Gasteiger partial charge in [0.25, 0.3) is 0 Å². The highest BCUT2D eigenvalue weighted by atomic mass is 16.4. The summed E-state index contributed by atoms with van der Waals surface area (Å²) in [7, 11) is 0. The number of carbonyl (C=O) groups is 2. The van der Waals surface area contributed by atoms with Crippen LogP contribution in [0.5, 0.6) is 0 Å². The van der Waals surface area contributed by atoms with Crippen LogP contribution in [0.4, 0.5) is 4.79 Å². The molecule has 0 aliphatic carbocycles. The molecule has 1 heterocycles. The van der Waals surface area contributed by atoms with Crippen LogP contribution < -0.4 is 10.6 Å². The predicted molar refractivity (Wildman–Crippen MR) is 74.4 cm³/mol. The number of aliphatic carboxylic acids is 1. The molecule has 0 fully saturated rings. The molecule has 1 rings (SSSR count). The maximum atomic E-state index is 11.7. The average Bonchev–Trinajstić information content (AvgIpc) is 2.85. The molecule has 1 aromatic rings. The lowest BCUT2D eigenvalue weighted by molar-refractivity contribution is -0.140. The van der Waals surface area contributed by atoms with Gasteiger partial charge in [0.05, 0.1) is 6.26 Å². The number of aryl methyl sites for hydroxylation is 1. The van der Waals surface area contributed by atoms with E-state index in [4.69, 9.17) is 9.52 Å². The second kappa shape index (κ2) is 7.57. The van der Waals surface area contributed by atoms with E-state index < -0.39 is 18.0 Å². The highest BCUT2D eigenvalue weighted by Crippen LogP contribution is 2.06. The maximum Gasteiger partial charge on any atom is 0.326 e. The zero-order valence-electron chi connectivity index (χ0n) is 12.1. The molecule has 1 unspecified atom stereocenters. The quantitative estimate of drug-likeness (QED) is 0.713. The number of nitrogens with one attached hydrogen (secondary N) is 2. The van der Waals surface area contributed by atoms with Gasteiger partial charge in [-0.25, -0.2) is 9.59 Å². The second-order valence-corrected chi connectivity index (χ2v) is 5.20. The summed E-state index contributed by atoms with van der Waals surface area (Å²) in [5.74, 6) is -0.334. The van der Waals surface area contributed by atoms with Crippen molar-refractivity contribution in [2.75, 3.05) is 0 Å². The molecule has 0 aliphatic rings. The lowest BCUT2D eigenvalue weighted by Gasteiger charge is -2.20. The van der Waals surface area contributed by atoms with Crippen molar-refractivity contribution in [2.24, 2.45) is 5.92 Å². The topological polar surface area (TPSA) is 91.6 Å². The van der Waals surface area contributed by atoms with Gasteiger partial charge in [-0.2, -0.15) is 0 Å². The first kappa shape index (κ1) is 16.1. The number of hydrogen-bond acceptors (Lipinski definition) is 3. The van der Waals surface area contributed by atoms with Gasteiger partial charge in [-0.1, -0.05) is 13.8 Å². The Kier molecular flexibility index (Phi) is 6.09. The van der Waals surface area contributed by atoms with E-state index in [1.807, 2.05) is 19.1 Å². The van der Waals surface area contributed by atoms with E-state index in [1.54, 1.807) is 20.1 Å². The molecule has 20 heavy (non-hydrogen) atoms. The molecule has 1 aromatic heterocycles. The largest absolute Gasteiger partial charge is 0.480 e. The zero-order chi connectivity index (χ0) is 15.1. The minimum Gasteiger partial charge on any atom is -0.480 e. The van der Waals surface area contributed by atoms with E-state index in [0.717, 1.165) is 18.6 Å². The van der Waals surface area contributed by atoms with Crippen LogP contribution in [0, 0.1) is 5.92 Å². The fraction of sp³-hybridized carbons (Fsp3) is 0.571. The van der Waals surface area contributed by atoms with Gasteiger partial charge >= 0.3 is 12.0 Å². The van der Waals surface area contributed by atoms with Gasteiger partial charge < -0.3 is 20.2 Å². The number of furan rings is 1. The molecule has 0 radical (unpaired) electrons. The molecule has 0 spiro atoms. The molecule has 3 N–H and O–H groups in total. The van der Waals surface area contributed by atoms with Crippen molar-refractivity contribution >= 4 is 12.0 Å². The molecule has 0 aliphatic heterocycles. The summed E-state index contributed by atoms with van der Waals surface area (Å²) in [6, 6.07) is 2.29. The third-order valence-corrected chi connectivity index (χ3v) is 3.00. The summed E-state index contributed by atoms with van der Waals surface area (Å²) in [6.07, 6.45) is 3.06. The van der Waals surface area contributed by atoms with E-state index in [-0.39, 0.29) is 12.0 Å². The van der Waals surface area contributed by atoms with Crippen LogP contribution in [-0.4, -0.2) is 29.2 Å². The van der Waals surface area contributed by atoms with Crippen molar-refractivity contribution in [1.82, 2.24) is 10.6 Å². The number of carbonyl (C=O) groups excluding carboxylic acids is 1. The van der Waals surface area contributed by atoms with Crippen molar-refractivity contribution in [3.63, 3.8) is 0 Å². The van der Waals surface area contributed by atoms with Crippen LogP contribution in [0.15, 0.2) is 22.8 Å². The van der Waals surface area contributed by atoms with Crippen molar-refractivity contribution in [2.45, 2.75) is 45.7 Å². The standard InChI is InChI=1S/C14H22N2O4/c1-9(2)12(13(17)18)16-14(19)15-10(3)6-7-11-5-4-8-20-11/h4-5,8-10,12H,6-7H2,1-3H3,(H,17,18)(H2,15,16,19)/t10?,12-/m0/s1. The molecular weight excluding hydrogens is 260 g/mol. The number of rotatable bonds is 7. The molecule has 0 saturated heterocycles. The lowest BCUT2D eigenvalue weighted by Crippen LogP contribution is -2.50. The minimum absolute atomic E-state index is 0.0679. The first-order valence-electron chi connectivity index (χ1n) is 6.72. The molecule has 0 bridgehead atoms. The normalized spacial score (nSPS) is 13.8. The first-order valence-corrected chi connectivity index (χ1v) is 6.72. The number of hydrogen-bond donors (Lipinski definition) is 3. The van der Waals surface area contributed by atoms with Gasteiger partial charge in [0.15, 0.2) is 0 Å². The van der Waals surface area contributed by atoms with Crippen molar-refractivity contribution < 1.29 is 19.1 Å². The number of carboxylic acid groups (broad SMARTS) is 1. The molecule has 2 amide bonds. The molecule has 0 saturated carbocycles. The van der Waals surface area contributed by atoms with E-state index in [2.05, 4.69) is 10.6 Å². The third kappa shape index (κ3) is 5.34. The van der Waals surface area contributed by atoms with Crippen LogP contribution in [0.1, 0.15) is 33.0 Å². The minimum atomic E-state index is -1.03. The van der Waals surface area contributed by atoms with Gasteiger partial charge in [-0.3, -0.25) is 0 Å². The summed E-state index contributed by atoms with van der Waals surface area (Å²) in [5.41, 5.74) is 0. The monoisotopic (exact) mass is 282 g/mol. The van der Waals surface area contributed by atoms with E-state index >= 15 is 0 Å². The van der Waals surface area contributed by atoms with Crippen molar-refractivity contribution in [3.05, 3.63) is 24.2 Å². The Morgan fingerprint density at radius 2 is 2.00 bits per heavy atom. The van der Waals surface area contributed by atoms with E-state index in [0.29, 0.717) is 0 Å². The first-order chi connectivity index (χ1) is 9.40. The highest BCUT2D eigenvalue weighted by Gasteiger charge is 2.23. The molecule has 0 aromatic carbocycles. The van der Waals surface area contributed by atoms with Crippen LogP contribution >= 0.6 is 0 Å². The Balaban J connectivity index is 2.35. The smallest absolute Gasteiger partial charge is 0.326 e. The Bertz CT molecular complexity index is 428. The average molecular weight is 282 g/mol. The lowest BCUT2D eigenvalue weighted by atomic mass is 10.1. The molecule has 112 valence electrons. The van der Waals surface area contributed by atoms with Gasteiger partial charge in [0, 0.05) is 12.5 Å². The Morgan fingerprint density at radius 3 is 2.50 bits per heavy atom. The third-order valence-electron chi connectivity index (χ3n) is 3.00. The zero-order valence-corrected chi connectivity index (χ0v) is 12.1. The van der Waals surface area contributed by atoms with Gasteiger partial charge in [-0.15, -0.1) is 0 Å². The maximum absolute atomic E-state index is 11.7. The summed E-state index contributed by atoms with van der Waals surface area (Å²) in [6.45, 7) is 5.37. The highest BCUT2D eigenvalue weighted by molar-refractivity contribution is 5.82. The number of urea groups is 1. The fourth-order valence-electron chi connectivity index (χ4n) is 1.81. The Morgan fingerprint density at radius 1 is 1.30 bits per heavy atom. The summed E-state index contributed by atoms with van der Waals surface area (Å²) in [5, 5.41) is 14.2. The Labute approximate surface area is 118 Å². The predicted octanol–water partition coefficient (Wildman–Crippen LogP) is 2.01. The van der Waals surface area contributed by atoms with E-state index in [9.17, 15) is 9.59 Å². The molecule has 6 nitrogen and oxygen atoms in total. The summed E-state index contributed by atoms with van der Waals surface area (Å²) < 4.78 is 5.21. The van der Waals surface area contributed by atoms with Crippen LogP contribution in [0.25, 0.3) is 0 Å². The van der Waals surface area contributed by atoms with Gasteiger partial charge in [0.2, 0.25) is 0 Å². The van der Waals surface area contributed by atoms with Gasteiger partial charge in [-0.05, 0) is 31.4 Å². The van der Waals surface area contributed by atoms with Gasteiger partial charge in [0.1, 0.15) is 11.8 Å². The van der Waals surface area contributed by atoms with Crippen LogP contribution in [0.3, 0.4) is 0 Å². The SMILES string of the molecule is CC(CCc1ccco1)NC(=O)N[C@H](C(=O)O)C(C)C. The summed E-state index contributed by atoms with van der Waals surface area (Å²) in [4.78, 5) is 22.7. The molecular formula is C14H22N2O4. The number of carboxylic acids is 1. The fourth-order valence-corrected chi connectivity index (χ4v) is 1.81. The van der Waals surface area contributed by atoms with Crippen LogP contribution in [-0.2, 0) is 11.2 Å². The van der Waals surface area contributed by atoms with E-state index in [1.165, 1.54) is 0 Å².